The second-order valence-corrected chi connectivity index (χ2v) is 8.65. The maximum absolute atomic E-state index is 14.8. The first-order valence-corrected chi connectivity index (χ1v) is 11.2. The minimum atomic E-state index is -1.74. The van der Waals surface area contributed by atoms with Crippen molar-refractivity contribution in [3.8, 4) is 5.75 Å². The highest BCUT2D eigenvalue weighted by Gasteiger charge is 2.53. The van der Waals surface area contributed by atoms with Gasteiger partial charge in [0.15, 0.2) is 22.7 Å². The molecule has 2 aliphatic rings. The maximum atomic E-state index is 14.8. The van der Waals surface area contributed by atoms with Crippen molar-refractivity contribution in [2.45, 2.75) is 12.1 Å². The first kappa shape index (κ1) is 22.5. The average Bonchev–Trinajstić information content (AvgIpc) is 3.54. The molecule has 0 spiro atoms. The Morgan fingerprint density at radius 2 is 2.08 bits per heavy atom. The molecule has 12 heteroatoms. The van der Waals surface area contributed by atoms with E-state index in [1.165, 1.54) is 24.1 Å². The van der Waals surface area contributed by atoms with Crippen LogP contribution in [0, 0.1) is 5.82 Å². The Hall–Kier alpha value is -5.00. The van der Waals surface area contributed by atoms with Gasteiger partial charge in [0.2, 0.25) is 0 Å². The Labute approximate surface area is 208 Å². The maximum Gasteiger partial charge on any atom is 0.322 e. The van der Waals surface area contributed by atoms with E-state index in [2.05, 4.69) is 25.9 Å². The summed E-state index contributed by atoms with van der Waals surface area (Å²) in [7, 11) is 1.31. The predicted molar refractivity (Wildman–Crippen MR) is 128 cm³/mol. The first-order chi connectivity index (χ1) is 17.9. The average molecular weight is 502 g/mol. The van der Waals surface area contributed by atoms with Crippen LogP contribution in [0.2, 0.25) is 0 Å². The van der Waals surface area contributed by atoms with Gasteiger partial charge >= 0.3 is 6.03 Å². The highest BCUT2D eigenvalue weighted by molar-refractivity contribution is 6.08. The van der Waals surface area contributed by atoms with Crippen molar-refractivity contribution in [1.82, 2.24) is 25.5 Å². The molecule has 186 valence electrons. The second-order valence-electron chi connectivity index (χ2n) is 8.65. The van der Waals surface area contributed by atoms with Crippen LogP contribution >= 0.6 is 0 Å². The van der Waals surface area contributed by atoms with Crippen molar-refractivity contribution in [2.75, 3.05) is 19.0 Å². The number of carbonyl (C=O) groups is 3. The van der Waals surface area contributed by atoms with E-state index in [-0.39, 0.29) is 30.2 Å². The SMILES string of the molecule is COc1ccc2c(c1F)C(=O)N(CC1(c3cc4nc(Nc5cccnc5)ccc4o3)NC(=O)NC1=O)C2. The van der Waals surface area contributed by atoms with Gasteiger partial charge in [0, 0.05) is 18.8 Å². The third-order valence-corrected chi connectivity index (χ3v) is 6.37. The monoisotopic (exact) mass is 502 g/mol. The van der Waals surface area contributed by atoms with Crippen LogP contribution in [-0.4, -0.2) is 46.4 Å². The van der Waals surface area contributed by atoms with Gasteiger partial charge in [-0.1, -0.05) is 6.07 Å². The van der Waals surface area contributed by atoms with Gasteiger partial charge in [-0.05, 0) is 35.9 Å². The lowest BCUT2D eigenvalue weighted by Gasteiger charge is -2.28. The fourth-order valence-electron chi connectivity index (χ4n) is 4.61. The van der Waals surface area contributed by atoms with Crippen molar-refractivity contribution < 1.29 is 27.9 Å². The Kier molecular flexibility index (Phi) is 5.04. The quantitative estimate of drug-likeness (QED) is 0.342. The summed E-state index contributed by atoms with van der Waals surface area (Å²) < 4.78 is 25.8. The van der Waals surface area contributed by atoms with Gasteiger partial charge in [-0.3, -0.25) is 19.9 Å². The lowest BCUT2D eigenvalue weighted by molar-refractivity contribution is -0.125. The van der Waals surface area contributed by atoms with Gasteiger partial charge in [0.05, 0.1) is 31.1 Å². The second kappa shape index (κ2) is 8.29. The molecule has 4 aromatic rings. The van der Waals surface area contributed by atoms with Crippen LogP contribution in [0.5, 0.6) is 5.75 Å². The van der Waals surface area contributed by atoms with Gasteiger partial charge in [-0.2, -0.15) is 0 Å². The molecule has 3 N–H and O–H groups in total. The number of carbonyl (C=O) groups excluding carboxylic acids is 3. The number of benzene rings is 1. The Morgan fingerprint density at radius 3 is 2.81 bits per heavy atom. The summed E-state index contributed by atoms with van der Waals surface area (Å²) in [5.41, 5.74) is 0.0912. The topological polar surface area (TPSA) is 139 Å². The number of ether oxygens (including phenoxy) is 1. The molecule has 0 saturated carbocycles. The van der Waals surface area contributed by atoms with Gasteiger partial charge in [0.1, 0.15) is 17.1 Å². The Balaban J connectivity index is 1.35. The van der Waals surface area contributed by atoms with Crippen LogP contribution in [0.25, 0.3) is 11.1 Å². The molecule has 6 rings (SSSR count). The zero-order valence-corrected chi connectivity index (χ0v) is 19.4. The van der Waals surface area contributed by atoms with E-state index in [0.29, 0.717) is 22.5 Å². The molecular formula is C25H19FN6O5. The molecule has 3 aromatic heterocycles. The molecule has 1 saturated heterocycles. The molecule has 4 amide bonds. The summed E-state index contributed by atoms with van der Waals surface area (Å²) in [5, 5.41) is 7.94. The normalized spacial score (nSPS) is 18.6. The third kappa shape index (κ3) is 3.61. The number of imide groups is 1. The molecule has 1 unspecified atom stereocenters. The van der Waals surface area contributed by atoms with Crippen LogP contribution in [0.15, 0.2) is 59.3 Å². The van der Waals surface area contributed by atoms with E-state index in [9.17, 15) is 18.8 Å². The summed E-state index contributed by atoms with van der Waals surface area (Å²) in [5.74, 6) is -1.57. The number of methoxy groups -OCH3 is 1. The highest BCUT2D eigenvalue weighted by Crippen LogP contribution is 2.36. The number of hydrogen-bond acceptors (Lipinski definition) is 8. The number of nitrogens with one attached hydrogen (secondary N) is 3. The molecule has 1 atom stereocenters. The standard InChI is InChI=1S/C25H19FN6O5/c1-36-17-5-4-13-11-32(22(33)20(13)21(17)26)12-25(23(34)30-24(35)31-25)18-9-15-16(37-18)6-7-19(29-15)28-14-3-2-8-27-10-14/h2-10H,11-12H2,1H3,(H,28,29)(H2,30,31,34,35). The number of anilines is 2. The molecule has 37 heavy (non-hydrogen) atoms. The smallest absolute Gasteiger partial charge is 0.322 e. The fourth-order valence-corrected chi connectivity index (χ4v) is 4.61. The fraction of sp³-hybridized carbons (Fsp3) is 0.160. The van der Waals surface area contributed by atoms with Gasteiger partial charge in [0.25, 0.3) is 11.8 Å². The van der Waals surface area contributed by atoms with E-state index in [4.69, 9.17) is 9.15 Å². The zero-order valence-electron chi connectivity index (χ0n) is 19.4. The number of nitrogens with zero attached hydrogens (tertiary/aromatic N) is 3. The van der Waals surface area contributed by atoms with E-state index < -0.39 is 29.2 Å². The van der Waals surface area contributed by atoms with Crippen molar-refractivity contribution in [3.05, 3.63) is 77.6 Å². The minimum Gasteiger partial charge on any atom is -0.494 e. The summed E-state index contributed by atoms with van der Waals surface area (Å²) in [6.45, 7) is -0.252. The van der Waals surface area contributed by atoms with E-state index >= 15 is 0 Å². The van der Waals surface area contributed by atoms with Crippen LogP contribution in [0.1, 0.15) is 21.7 Å². The van der Waals surface area contributed by atoms with Crippen molar-refractivity contribution in [1.29, 1.82) is 0 Å². The molecule has 0 radical (unpaired) electrons. The molecule has 1 fully saturated rings. The number of halogens is 1. The largest absolute Gasteiger partial charge is 0.494 e. The number of furan rings is 1. The molecule has 0 bridgehead atoms. The van der Waals surface area contributed by atoms with Crippen molar-refractivity contribution in [2.24, 2.45) is 0 Å². The van der Waals surface area contributed by atoms with Gasteiger partial charge in [-0.25, -0.2) is 14.2 Å². The third-order valence-electron chi connectivity index (χ3n) is 6.37. The first-order valence-electron chi connectivity index (χ1n) is 11.2. The summed E-state index contributed by atoms with van der Waals surface area (Å²) in [4.78, 5) is 48.4. The van der Waals surface area contributed by atoms with Crippen LogP contribution in [0.4, 0.5) is 20.7 Å². The highest BCUT2D eigenvalue weighted by atomic mass is 19.1. The Bertz CT molecular complexity index is 1590. The summed E-state index contributed by atoms with van der Waals surface area (Å²) in [6, 6.07) is 10.8. The molecule has 0 aliphatic carbocycles. The number of rotatable bonds is 6. The minimum absolute atomic E-state index is 0.0393. The van der Waals surface area contributed by atoms with Crippen LogP contribution < -0.4 is 20.7 Å². The molecule has 1 aromatic carbocycles. The number of fused-ring (bicyclic) bond motifs is 2. The van der Waals surface area contributed by atoms with E-state index in [0.717, 1.165) is 5.69 Å². The number of amides is 4. The molecular weight excluding hydrogens is 483 g/mol. The predicted octanol–water partition coefficient (Wildman–Crippen LogP) is 2.80. The van der Waals surface area contributed by atoms with E-state index in [1.54, 1.807) is 36.7 Å². The summed E-state index contributed by atoms with van der Waals surface area (Å²) >= 11 is 0. The van der Waals surface area contributed by atoms with Gasteiger partial charge < -0.3 is 24.7 Å². The Morgan fingerprint density at radius 1 is 1.22 bits per heavy atom. The van der Waals surface area contributed by atoms with Crippen molar-refractivity contribution in [3.63, 3.8) is 0 Å². The lowest BCUT2D eigenvalue weighted by Crippen LogP contribution is -2.52. The molecule has 11 nitrogen and oxygen atoms in total. The molecule has 5 heterocycles. The lowest BCUT2D eigenvalue weighted by atomic mass is 9.95. The van der Waals surface area contributed by atoms with Crippen molar-refractivity contribution >= 4 is 40.5 Å². The van der Waals surface area contributed by atoms with Gasteiger partial charge in [-0.15, -0.1) is 0 Å². The molecule has 2 aliphatic heterocycles. The van der Waals surface area contributed by atoms with Crippen LogP contribution in [0.3, 0.4) is 0 Å². The zero-order chi connectivity index (χ0) is 25.7. The number of pyridine rings is 2. The number of aromatic nitrogens is 2. The van der Waals surface area contributed by atoms with Crippen LogP contribution in [-0.2, 0) is 16.9 Å². The summed E-state index contributed by atoms with van der Waals surface area (Å²) in [6.07, 6.45) is 3.29. The number of urea groups is 1. The van der Waals surface area contributed by atoms with E-state index in [1.807, 2.05) is 6.07 Å². The number of hydrogen-bond donors (Lipinski definition) is 3.